The summed E-state index contributed by atoms with van der Waals surface area (Å²) in [5, 5.41) is 2.04. The Bertz CT molecular complexity index is 1080. The quantitative estimate of drug-likeness (QED) is 0.570. The molecule has 0 aliphatic carbocycles. The van der Waals surface area contributed by atoms with Gasteiger partial charge in [-0.1, -0.05) is 18.2 Å². The van der Waals surface area contributed by atoms with Crippen LogP contribution in [0.4, 0.5) is 5.69 Å². The van der Waals surface area contributed by atoms with Crippen LogP contribution in [0.25, 0.3) is 21.7 Å². The Hall–Kier alpha value is -2.86. The molecule has 140 valence electrons. The Kier molecular flexibility index (Phi) is 4.58. The van der Waals surface area contributed by atoms with Gasteiger partial charge in [0.25, 0.3) is 5.56 Å². The summed E-state index contributed by atoms with van der Waals surface area (Å²) < 4.78 is 10.9. The van der Waals surface area contributed by atoms with Crippen LogP contribution in [-0.4, -0.2) is 43.9 Å². The number of aryl methyl sites for hydroxylation is 1. The minimum atomic E-state index is -0.403. The highest BCUT2D eigenvalue weighted by atomic mass is 16.5. The summed E-state index contributed by atoms with van der Waals surface area (Å²) in [5.41, 5.74) is 2.62. The number of anilines is 1. The van der Waals surface area contributed by atoms with Gasteiger partial charge in [-0.15, -0.1) is 0 Å². The van der Waals surface area contributed by atoms with E-state index in [0.29, 0.717) is 48.2 Å². The molecule has 6 nitrogen and oxygen atoms in total. The molecule has 1 aliphatic rings. The van der Waals surface area contributed by atoms with E-state index in [1.807, 2.05) is 37.3 Å². The Balaban J connectivity index is 2.14. The van der Waals surface area contributed by atoms with E-state index in [9.17, 15) is 9.59 Å². The van der Waals surface area contributed by atoms with Crippen LogP contribution in [0.2, 0.25) is 0 Å². The van der Waals surface area contributed by atoms with Crippen molar-refractivity contribution in [3.8, 4) is 0 Å². The molecule has 27 heavy (non-hydrogen) atoms. The number of benzene rings is 2. The maximum Gasteiger partial charge on any atom is 0.340 e. The van der Waals surface area contributed by atoms with Crippen molar-refractivity contribution in [2.45, 2.75) is 13.8 Å². The molecule has 1 aromatic heterocycles. The number of hydrogen-bond donors (Lipinski definition) is 1. The van der Waals surface area contributed by atoms with Crippen LogP contribution in [-0.2, 0) is 9.47 Å². The van der Waals surface area contributed by atoms with Crippen LogP contribution in [0.1, 0.15) is 22.8 Å². The van der Waals surface area contributed by atoms with E-state index < -0.39 is 5.97 Å². The van der Waals surface area contributed by atoms with E-state index >= 15 is 0 Å². The predicted molar refractivity (Wildman–Crippen MR) is 106 cm³/mol. The lowest BCUT2D eigenvalue weighted by Crippen LogP contribution is -2.37. The number of fused-ring (bicyclic) bond motifs is 3. The number of aromatic amines is 1. The summed E-state index contributed by atoms with van der Waals surface area (Å²) in [5.74, 6) is -0.403. The molecular weight excluding hydrogens is 344 g/mol. The van der Waals surface area contributed by atoms with E-state index in [-0.39, 0.29) is 12.2 Å². The zero-order chi connectivity index (χ0) is 19.0. The number of ether oxygens (including phenoxy) is 2. The molecule has 2 heterocycles. The van der Waals surface area contributed by atoms with Crippen molar-refractivity contribution in [3.63, 3.8) is 0 Å². The van der Waals surface area contributed by atoms with Crippen molar-refractivity contribution < 1.29 is 14.3 Å². The summed E-state index contributed by atoms with van der Waals surface area (Å²) in [6.45, 7) is 6.57. The van der Waals surface area contributed by atoms with Gasteiger partial charge >= 0.3 is 5.97 Å². The van der Waals surface area contributed by atoms with Gasteiger partial charge < -0.3 is 19.4 Å². The lowest BCUT2D eigenvalue weighted by atomic mass is 9.95. The van der Waals surface area contributed by atoms with Gasteiger partial charge in [0.1, 0.15) is 0 Å². The van der Waals surface area contributed by atoms with E-state index in [1.165, 1.54) is 0 Å². The van der Waals surface area contributed by atoms with Crippen molar-refractivity contribution in [2.24, 2.45) is 0 Å². The number of nitrogens with one attached hydrogen (secondary N) is 1. The molecular formula is C21H22N2O4. The molecule has 0 unspecified atom stereocenters. The number of para-hydroxylation sites is 1. The van der Waals surface area contributed by atoms with Crippen LogP contribution >= 0.6 is 0 Å². The Labute approximate surface area is 156 Å². The monoisotopic (exact) mass is 366 g/mol. The number of pyridine rings is 1. The molecule has 0 radical (unpaired) electrons. The number of esters is 1. The van der Waals surface area contributed by atoms with E-state index in [0.717, 1.165) is 16.6 Å². The smallest absolute Gasteiger partial charge is 0.340 e. The third-order valence-electron chi connectivity index (χ3n) is 5.01. The lowest BCUT2D eigenvalue weighted by Gasteiger charge is -2.31. The van der Waals surface area contributed by atoms with Crippen LogP contribution in [0.15, 0.2) is 35.1 Å². The molecule has 4 rings (SSSR count). The summed E-state index contributed by atoms with van der Waals surface area (Å²) in [6, 6.07) is 9.48. The number of hydrogen-bond acceptors (Lipinski definition) is 5. The van der Waals surface area contributed by atoms with Gasteiger partial charge in [-0.3, -0.25) is 4.79 Å². The standard InChI is InChI=1S/C21H22N2O4/c1-3-27-21(25)19-16(23-8-10-26-11-9-23)12-13(2)17-18(19)14-6-4-5-7-15(14)22-20(17)24/h4-7,12H,3,8-11H2,1-2H3,(H,22,24). The number of aromatic nitrogens is 1. The topological polar surface area (TPSA) is 71.6 Å². The first kappa shape index (κ1) is 17.5. The van der Waals surface area contributed by atoms with E-state index in [2.05, 4.69) is 9.88 Å². The molecule has 0 saturated carbocycles. The number of carbonyl (C=O) groups excluding carboxylic acids is 1. The van der Waals surface area contributed by atoms with Gasteiger partial charge in [-0.05, 0) is 31.5 Å². The van der Waals surface area contributed by atoms with Crippen molar-refractivity contribution in [3.05, 3.63) is 51.8 Å². The van der Waals surface area contributed by atoms with Crippen molar-refractivity contribution >= 4 is 33.3 Å². The largest absolute Gasteiger partial charge is 0.462 e. The Morgan fingerprint density at radius 2 is 1.96 bits per heavy atom. The summed E-state index contributed by atoms with van der Waals surface area (Å²) in [4.78, 5) is 30.9. The van der Waals surface area contributed by atoms with Gasteiger partial charge in [0.2, 0.25) is 0 Å². The lowest BCUT2D eigenvalue weighted by molar-refractivity contribution is 0.0528. The minimum Gasteiger partial charge on any atom is -0.462 e. The second-order valence-corrected chi connectivity index (χ2v) is 6.66. The van der Waals surface area contributed by atoms with Gasteiger partial charge in [-0.25, -0.2) is 4.79 Å². The molecule has 1 N–H and O–H groups in total. The molecule has 3 aromatic rings. The SMILES string of the molecule is CCOC(=O)c1c(N2CCOCC2)cc(C)c2c(=O)[nH]c3ccccc3c12. The molecule has 2 aromatic carbocycles. The summed E-state index contributed by atoms with van der Waals surface area (Å²) in [6.07, 6.45) is 0. The summed E-state index contributed by atoms with van der Waals surface area (Å²) >= 11 is 0. The van der Waals surface area contributed by atoms with Gasteiger partial charge in [0.05, 0.1) is 36.5 Å². The number of nitrogens with zero attached hydrogens (tertiary/aromatic N) is 1. The zero-order valence-electron chi connectivity index (χ0n) is 15.5. The zero-order valence-corrected chi connectivity index (χ0v) is 15.5. The number of rotatable bonds is 3. The van der Waals surface area contributed by atoms with Crippen molar-refractivity contribution in [2.75, 3.05) is 37.8 Å². The fourth-order valence-corrected chi connectivity index (χ4v) is 3.82. The first-order valence-electron chi connectivity index (χ1n) is 9.20. The van der Waals surface area contributed by atoms with Crippen LogP contribution in [0, 0.1) is 6.92 Å². The third kappa shape index (κ3) is 2.96. The molecule has 0 spiro atoms. The van der Waals surface area contributed by atoms with Gasteiger partial charge in [-0.2, -0.15) is 0 Å². The third-order valence-corrected chi connectivity index (χ3v) is 5.01. The predicted octanol–water partition coefficient (Wildman–Crippen LogP) is 3.00. The number of H-pyrrole nitrogens is 1. The number of carbonyl (C=O) groups is 1. The maximum atomic E-state index is 13.0. The van der Waals surface area contributed by atoms with Crippen molar-refractivity contribution in [1.82, 2.24) is 4.98 Å². The highest BCUT2D eigenvalue weighted by Gasteiger charge is 2.26. The van der Waals surface area contributed by atoms with E-state index in [1.54, 1.807) is 6.92 Å². The normalized spacial score (nSPS) is 14.7. The first-order chi connectivity index (χ1) is 13.1. The van der Waals surface area contributed by atoms with Crippen molar-refractivity contribution in [1.29, 1.82) is 0 Å². The maximum absolute atomic E-state index is 13.0. The number of morpholine rings is 1. The van der Waals surface area contributed by atoms with Gasteiger partial charge in [0.15, 0.2) is 0 Å². The molecule has 6 heteroatoms. The van der Waals surface area contributed by atoms with Crippen LogP contribution in [0.5, 0.6) is 0 Å². The second-order valence-electron chi connectivity index (χ2n) is 6.66. The molecule has 1 fully saturated rings. The highest BCUT2D eigenvalue weighted by molar-refractivity contribution is 6.19. The first-order valence-corrected chi connectivity index (χ1v) is 9.20. The molecule has 0 amide bonds. The molecule has 1 aliphatic heterocycles. The molecule has 0 atom stereocenters. The minimum absolute atomic E-state index is 0.194. The average Bonchev–Trinajstić information content (AvgIpc) is 2.68. The van der Waals surface area contributed by atoms with E-state index in [4.69, 9.17) is 9.47 Å². The highest BCUT2D eigenvalue weighted by Crippen LogP contribution is 2.35. The Morgan fingerprint density at radius 3 is 2.70 bits per heavy atom. The van der Waals surface area contributed by atoms with Crippen LogP contribution in [0.3, 0.4) is 0 Å². The molecule has 0 bridgehead atoms. The second kappa shape index (κ2) is 7.04. The molecule has 1 saturated heterocycles. The Morgan fingerprint density at radius 1 is 1.22 bits per heavy atom. The summed E-state index contributed by atoms with van der Waals surface area (Å²) in [7, 11) is 0. The van der Waals surface area contributed by atoms with Crippen LogP contribution < -0.4 is 10.5 Å². The average molecular weight is 366 g/mol. The fourth-order valence-electron chi connectivity index (χ4n) is 3.82. The van der Waals surface area contributed by atoms with Gasteiger partial charge in [0, 0.05) is 29.4 Å². The fraction of sp³-hybridized carbons (Fsp3) is 0.333.